The molecule has 0 aliphatic heterocycles. The summed E-state index contributed by atoms with van der Waals surface area (Å²) in [6.07, 6.45) is -0.560. The molecule has 0 aliphatic rings. The van der Waals surface area contributed by atoms with Gasteiger partial charge in [0.05, 0.1) is 0 Å². The minimum absolute atomic E-state index is 0.0455. The average Bonchev–Trinajstić information content (AvgIpc) is 2.20. The number of hydrogen-bond acceptors (Lipinski definition) is 2. The van der Waals surface area contributed by atoms with Crippen LogP contribution in [-0.4, -0.2) is 17.7 Å². The molecule has 0 heterocycles. The third kappa shape index (κ3) is 3.28. The highest BCUT2D eigenvalue weighted by molar-refractivity contribution is 9.10. The van der Waals surface area contributed by atoms with Crippen LogP contribution in [-0.2, 0) is 9.53 Å². The van der Waals surface area contributed by atoms with Crippen LogP contribution in [0.2, 0.25) is 0 Å². The Morgan fingerprint density at radius 1 is 1.62 bits per heavy atom. The number of hydrogen-bond donors (Lipinski definition) is 1. The van der Waals surface area contributed by atoms with Gasteiger partial charge < -0.3 is 9.84 Å². The molecule has 0 saturated heterocycles. The number of carboxylic acids is 1. The lowest BCUT2D eigenvalue weighted by Gasteiger charge is -2.14. The zero-order valence-corrected chi connectivity index (χ0v) is 10.3. The van der Waals surface area contributed by atoms with Gasteiger partial charge in [0.25, 0.3) is 0 Å². The lowest BCUT2D eigenvalue weighted by molar-refractivity contribution is -0.151. The Labute approximate surface area is 101 Å². The van der Waals surface area contributed by atoms with Gasteiger partial charge in [-0.2, -0.15) is 0 Å². The molecule has 3 nitrogen and oxygen atoms in total. The molecule has 0 aliphatic carbocycles. The first-order chi connectivity index (χ1) is 7.56. The summed E-state index contributed by atoms with van der Waals surface area (Å²) < 4.78 is 19.2. The van der Waals surface area contributed by atoms with Gasteiger partial charge >= 0.3 is 5.97 Å². The van der Waals surface area contributed by atoms with Crippen LogP contribution in [0.5, 0.6) is 0 Å². The molecule has 0 spiro atoms. The molecule has 5 heteroatoms. The highest BCUT2D eigenvalue weighted by Crippen LogP contribution is 2.24. The van der Waals surface area contributed by atoms with Crippen molar-refractivity contribution < 1.29 is 19.0 Å². The van der Waals surface area contributed by atoms with Crippen LogP contribution < -0.4 is 0 Å². The topological polar surface area (TPSA) is 46.5 Å². The van der Waals surface area contributed by atoms with E-state index in [1.165, 1.54) is 12.1 Å². The standard InChI is InChI=1S/C11H12BrFO3/c1-2-5-16-10(11(14)15)8-4-3-7(12)6-9(8)13/h3-4,6,10H,2,5H2,1H3,(H,14,15). The first-order valence-electron chi connectivity index (χ1n) is 4.85. The molecule has 0 saturated carbocycles. The maximum Gasteiger partial charge on any atom is 0.337 e. The van der Waals surface area contributed by atoms with E-state index in [2.05, 4.69) is 15.9 Å². The molecule has 0 radical (unpaired) electrons. The van der Waals surface area contributed by atoms with Crippen LogP contribution in [0.4, 0.5) is 4.39 Å². The van der Waals surface area contributed by atoms with E-state index < -0.39 is 17.9 Å². The van der Waals surface area contributed by atoms with Crippen LogP contribution >= 0.6 is 15.9 Å². The summed E-state index contributed by atoms with van der Waals surface area (Å²) in [4.78, 5) is 10.9. The summed E-state index contributed by atoms with van der Waals surface area (Å²) in [5, 5.41) is 8.94. The number of aliphatic carboxylic acids is 1. The fraction of sp³-hybridized carbons (Fsp3) is 0.364. The number of carboxylic acid groups (broad SMARTS) is 1. The zero-order chi connectivity index (χ0) is 12.1. The zero-order valence-electron chi connectivity index (χ0n) is 8.74. The third-order valence-electron chi connectivity index (χ3n) is 1.96. The first-order valence-corrected chi connectivity index (χ1v) is 5.65. The largest absolute Gasteiger partial charge is 0.479 e. The maximum absolute atomic E-state index is 13.5. The highest BCUT2D eigenvalue weighted by Gasteiger charge is 2.23. The van der Waals surface area contributed by atoms with Gasteiger partial charge in [0.2, 0.25) is 0 Å². The molecular weight excluding hydrogens is 279 g/mol. The first kappa shape index (κ1) is 13.1. The van der Waals surface area contributed by atoms with Crippen LogP contribution in [0.25, 0.3) is 0 Å². The molecule has 0 fully saturated rings. The molecule has 1 aromatic rings. The molecule has 0 bridgehead atoms. The van der Waals surface area contributed by atoms with Crippen LogP contribution in [0.1, 0.15) is 25.0 Å². The number of ether oxygens (including phenoxy) is 1. The van der Waals surface area contributed by atoms with Gasteiger partial charge in [-0.25, -0.2) is 9.18 Å². The van der Waals surface area contributed by atoms with Gasteiger partial charge in [-0.3, -0.25) is 0 Å². The summed E-state index contributed by atoms with van der Waals surface area (Å²) >= 11 is 3.11. The Kier molecular flexibility index (Phi) is 4.89. The number of rotatable bonds is 5. The van der Waals surface area contributed by atoms with Crippen LogP contribution in [0, 0.1) is 5.82 Å². The van der Waals surface area contributed by atoms with Gasteiger partial charge in [-0.1, -0.05) is 28.9 Å². The predicted molar refractivity (Wildman–Crippen MR) is 60.7 cm³/mol. The highest BCUT2D eigenvalue weighted by atomic mass is 79.9. The van der Waals surface area contributed by atoms with Crippen molar-refractivity contribution in [1.82, 2.24) is 0 Å². The van der Waals surface area contributed by atoms with E-state index in [9.17, 15) is 9.18 Å². The SMILES string of the molecule is CCCOC(C(=O)O)c1ccc(Br)cc1F. The number of carbonyl (C=O) groups is 1. The fourth-order valence-corrected chi connectivity index (χ4v) is 1.58. The van der Waals surface area contributed by atoms with Crippen molar-refractivity contribution >= 4 is 21.9 Å². The molecule has 16 heavy (non-hydrogen) atoms. The van der Waals surface area contributed by atoms with Gasteiger partial charge in [0.1, 0.15) is 5.82 Å². The van der Waals surface area contributed by atoms with Gasteiger partial charge in [-0.15, -0.1) is 0 Å². The van der Waals surface area contributed by atoms with Crippen molar-refractivity contribution in [3.8, 4) is 0 Å². The second-order valence-electron chi connectivity index (χ2n) is 3.25. The molecule has 88 valence electrons. The molecule has 1 N–H and O–H groups in total. The molecule has 1 unspecified atom stereocenters. The van der Waals surface area contributed by atoms with E-state index in [4.69, 9.17) is 9.84 Å². The van der Waals surface area contributed by atoms with Crippen molar-refractivity contribution in [3.63, 3.8) is 0 Å². The van der Waals surface area contributed by atoms with E-state index in [0.29, 0.717) is 10.9 Å². The normalized spacial score (nSPS) is 12.4. The predicted octanol–water partition coefficient (Wildman–Crippen LogP) is 3.14. The molecule has 0 amide bonds. The van der Waals surface area contributed by atoms with E-state index in [1.54, 1.807) is 6.07 Å². The Bertz CT molecular complexity index is 381. The van der Waals surface area contributed by atoms with Crippen molar-refractivity contribution in [2.45, 2.75) is 19.4 Å². The van der Waals surface area contributed by atoms with Gasteiger partial charge in [-0.05, 0) is 18.6 Å². The molecule has 1 rings (SSSR count). The lowest BCUT2D eigenvalue weighted by atomic mass is 10.1. The minimum atomic E-state index is -1.24. The third-order valence-corrected chi connectivity index (χ3v) is 2.45. The van der Waals surface area contributed by atoms with Crippen LogP contribution in [0.15, 0.2) is 22.7 Å². The molecule has 1 atom stereocenters. The second kappa shape index (κ2) is 5.96. The van der Waals surface area contributed by atoms with Crippen molar-refractivity contribution in [2.24, 2.45) is 0 Å². The van der Waals surface area contributed by atoms with Crippen molar-refractivity contribution in [3.05, 3.63) is 34.1 Å². The van der Waals surface area contributed by atoms with E-state index in [0.717, 1.165) is 0 Å². The van der Waals surface area contributed by atoms with Gasteiger partial charge in [0, 0.05) is 16.6 Å². The van der Waals surface area contributed by atoms with Crippen LogP contribution in [0.3, 0.4) is 0 Å². The Hall–Kier alpha value is -0.940. The summed E-state index contributed by atoms with van der Waals surface area (Å²) in [6.45, 7) is 2.14. The summed E-state index contributed by atoms with van der Waals surface area (Å²) in [6, 6.07) is 4.22. The Morgan fingerprint density at radius 2 is 2.31 bits per heavy atom. The van der Waals surface area contributed by atoms with Gasteiger partial charge in [0.15, 0.2) is 6.10 Å². The minimum Gasteiger partial charge on any atom is -0.479 e. The fourth-order valence-electron chi connectivity index (χ4n) is 1.24. The maximum atomic E-state index is 13.5. The monoisotopic (exact) mass is 290 g/mol. The second-order valence-corrected chi connectivity index (χ2v) is 4.17. The summed E-state index contributed by atoms with van der Waals surface area (Å²) in [5.74, 6) is -1.77. The number of benzene rings is 1. The smallest absolute Gasteiger partial charge is 0.337 e. The summed E-state index contributed by atoms with van der Waals surface area (Å²) in [7, 11) is 0. The van der Waals surface area contributed by atoms with Crippen molar-refractivity contribution in [1.29, 1.82) is 0 Å². The molecule has 0 aromatic heterocycles. The van der Waals surface area contributed by atoms with E-state index >= 15 is 0 Å². The average molecular weight is 291 g/mol. The summed E-state index contributed by atoms with van der Waals surface area (Å²) in [5.41, 5.74) is 0.0455. The molecular formula is C11H12BrFO3. The Balaban J connectivity index is 2.96. The lowest BCUT2D eigenvalue weighted by Crippen LogP contribution is -2.17. The number of halogens is 2. The Morgan fingerprint density at radius 3 is 2.81 bits per heavy atom. The van der Waals surface area contributed by atoms with Crippen molar-refractivity contribution in [2.75, 3.05) is 6.61 Å². The quantitative estimate of drug-likeness (QED) is 0.906. The van der Waals surface area contributed by atoms with E-state index in [1.807, 2.05) is 6.92 Å². The van der Waals surface area contributed by atoms with E-state index in [-0.39, 0.29) is 12.2 Å². The molecule has 1 aromatic carbocycles.